The molecule has 0 amide bonds. The van der Waals surface area contributed by atoms with E-state index in [2.05, 4.69) is 69.7 Å². The molecular weight excluding hydrogens is 272 g/mol. The number of piperazine rings is 1. The number of hydrogen-bond acceptors (Lipinski definition) is 3. The monoisotopic (exact) mass is 292 g/mol. The normalized spacial score (nSPS) is 19.6. The van der Waals surface area contributed by atoms with Crippen molar-refractivity contribution in [1.29, 1.82) is 0 Å². The van der Waals surface area contributed by atoms with Gasteiger partial charge < -0.3 is 15.2 Å². The molecule has 1 saturated heterocycles. The van der Waals surface area contributed by atoms with Crippen molar-refractivity contribution in [1.82, 2.24) is 20.2 Å². The minimum atomic E-state index is 0.285. The number of hydrogen-bond donors (Lipinski definition) is 2. The molecule has 4 rings (SSSR count). The number of benzene rings is 2. The van der Waals surface area contributed by atoms with Crippen molar-refractivity contribution >= 4 is 10.8 Å². The van der Waals surface area contributed by atoms with E-state index in [-0.39, 0.29) is 6.04 Å². The number of fused-ring (bicyclic) bond motifs is 1. The lowest BCUT2D eigenvalue weighted by molar-refractivity contribution is 0.236. The zero-order chi connectivity index (χ0) is 14.9. The standard InChI is InChI=1S/C18H20N4/c1-22-9-8-19-17(12-22)18-20-11-16(21-18)15-7-6-13-4-2-3-5-14(13)10-15/h2-7,10-11,17,19H,8-9,12H2,1H3,(H,20,21)/t17-/m1/s1. The number of aromatic nitrogens is 2. The van der Waals surface area contributed by atoms with E-state index in [0.717, 1.165) is 31.2 Å². The SMILES string of the molecule is CN1CCN[C@@H](c2ncc(-c3ccc4ccccc4c3)[nH]2)C1. The summed E-state index contributed by atoms with van der Waals surface area (Å²) in [4.78, 5) is 10.4. The van der Waals surface area contributed by atoms with E-state index in [1.54, 1.807) is 0 Å². The van der Waals surface area contributed by atoms with E-state index >= 15 is 0 Å². The molecule has 2 heterocycles. The van der Waals surface area contributed by atoms with Gasteiger partial charge in [0.2, 0.25) is 0 Å². The second-order valence-electron chi connectivity index (χ2n) is 6.01. The molecule has 4 heteroatoms. The van der Waals surface area contributed by atoms with Gasteiger partial charge >= 0.3 is 0 Å². The van der Waals surface area contributed by atoms with E-state index in [4.69, 9.17) is 0 Å². The van der Waals surface area contributed by atoms with Crippen molar-refractivity contribution in [2.75, 3.05) is 26.7 Å². The third-order valence-electron chi connectivity index (χ3n) is 4.36. The van der Waals surface area contributed by atoms with Gasteiger partial charge in [-0.2, -0.15) is 0 Å². The molecule has 2 N–H and O–H groups in total. The maximum Gasteiger partial charge on any atom is 0.125 e. The minimum absolute atomic E-state index is 0.285. The average Bonchev–Trinajstić information content (AvgIpc) is 3.04. The summed E-state index contributed by atoms with van der Waals surface area (Å²) >= 11 is 0. The Morgan fingerprint density at radius 2 is 2.00 bits per heavy atom. The Bertz CT molecular complexity index is 792. The van der Waals surface area contributed by atoms with Crippen LogP contribution in [0.15, 0.2) is 48.7 Å². The van der Waals surface area contributed by atoms with Gasteiger partial charge in [0, 0.05) is 25.2 Å². The highest BCUT2D eigenvalue weighted by Gasteiger charge is 2.20. The van der Waals surface area contributed by atoms with E-state index < -0.39 is 0 Å². The first-order valence-corrected chi connectivity index (χ1v) is 7.75. The predicted molar refractivity (Wildman–Crippen MR) is 89.8 cm³/mol. The Morgan fingerprint density at radius 3 is 2.86 bits per heavy atom. The Labute approximate surface area is 130 Å². The van der Waals surface area contributed by atoms with Crippen molar-refractivity contribution in [3.05, 3.63) is 54.5 Å². The number of nitrogens with zero attached hydrogens (tertiary/aromatic N) is 2. The Kier molecular flexibility index (Phi) is 3.41. The fraction of sp³-hybridized carbons (Fsp3) is 0.278. The quantitative estimate of drug-likeness (QED) is 0.763. The van der Waals surface area contributed by atoms with Gasteiger partial charge in [-0.05, 0) is 23.9 Å². The van der Waals surface area contributed by atoms with Gasteiger partial charge in [0.25, 0.3) is 0 Å². The van der Waals surface area contributed by atoms with Gasteiger partial charge in [0.1, 0.15) is 5.82 Å². The first kappa shape index (κ1) is 13.5. The zero-order valence-electron chi connectivity index (χ0n) is 12.7. The molecule has 1 aromatic heterocycles. The van der Waals surface area contributed by atoms with Crippen LogP contribution >= 0.6 is 0 Å². The van der Waals surface area contributed by atoms with Crippen molar-refractivity contribution in [3.63, 3.8) is 0 Å². The molecule has 0 bridgehead atoms. The molecular formula is C18H20N4. The fourth-order valence-corrected chi connectivity index (χ4v) is 3.10. The zero-order valence-corrected chi connectivity index (χ0v) is 12.7. The molecule has 112 valence electrons. The predicted octanol–water partition coefficient (Wildman–Crippen LogP) is 2.81. The highest BCUT2D eigenvalue weighted by atomic mass is 15.2. The van der Waals surface area contributed by atoms with Crippen molar-refractivity contribution in [2.24, 2.45) is 0 Å². The van der Waals surface area contributed by atoms with Crippen LogP contribution in [0.4, 0.5) is 0 Å². The molecule has 4 nitrogen and oxygen atoms in total. The lowest BCUT2D eigenvalue weighted by atomic mass is 10.1. The summed E-state index contributed by atoms with van der Waals surface area (Å²) in [5, 5.41) is 6.05. The molecule has 0 spiro atoms. The first-order valence-electron chi connectivity index (χ1n) is 7.75. The molecule has 0 aliphatic carbocycles. The molecule has 3 aromatic rings. The van der Waals surface area contributed by atoms with Crippen LogP contribution in [0.25, 0.3) is 22.0 Å². The van der Waals surface area contributed by atoms with Crippen LogP contribution < -0.4 is 5.32 Å². The Balaban J connectivity index is 1.64. The maximum atomic E-state index is 4.59. The van der Waals surface area contributed by atoms with Gasteiger partial charge in [0.15, 0.2) is 0 Å². The molecule has 1 atom stereocenters. The van der Waals surface area contributed by atoms with Crippen molar-refractivity contribution in [3.8, 4) is 11.3 Å². The molecule has 0 saturated carbocycles. The highest BCUT2D eigenvalue weighted by molar-refractivity contribution is 5.86. The van der Waals surface area contributed by atoms with E-state index in [1.807, 2.05) is 6.20 Å². The largest absolute Gasteiger partial charge is 0.341 e. The third kappa shape index (κ3) is 2.51. The minimum Gasteiger partial charge on any atom is -0.341 e. The van der Waals surface area contributed by atoms with E-state index in [9.17, 15) is 0 Å². The molecule has 1 fully saturated rings. The fourth-order valence-electron chi connectivity index (χ4n) is 3.10. The Morgan fingerprint density at radius 1 is 1.14 bits per heavy atom. The first-order chi connectivity index (χ1) is 10.8. The highest BCUT2D eigenvalue weighted by Crippen LogP contribution is 2.24. The maximum absolute atomic E-state index is 4.59. The molecule has 1 aliphatic heterocycles. The van der Waals surface area contributed by atoms with Gasteiger partial charge in [-0.25, -0.2) is 4.98 Å². The number of H-pyrrole nitrogens is 1. The summed E-state index contributed by atoms with van der Waals surface area (Å²) in [7, 11) is 2.15. The van der Waals surface area contributed by atoms with Gasteiger partial charge in [-0.1, -0.05) is 36.4 Å². The van der Waals surface area contributed by atoms with Crippen molar-refractivity contribution < 1.29 is 0 Å². The van der Waals surface area contributed by atoms with E-state index in [0.29, 0.717) is 0 Å². The lowest BCUT2D eigenvalue weighted by Gasteiger charge is -2.29. The molecule has 0 unspecified atom stereocenters. The van der Waals surface area contributed by atoms with Gasteiger partial charge in [-0.3, -0.25) is 0 Å². The van der Waals surface area contributed by atoms with Crippen LogP contribution in [0.1, 0.15) is 11.9 Å². The van der Waals surface area contributed by atoms with Crippen LogP contribution in [-0.4, -0.2) is 41.5 Å². The smallest absolute Gasteiger partial charge is 0.125 e. The summed E-state index contributed by atoms with van der Waals surface area (Å²) in [5.41, 5.74) is 2.26. The van der Waals surface area contributed by atoms with Crippen LogP contribution in [-0.2, 0) is 0 Å². The lowest BCUT2D eigenvalue weighted by Crippen LogP contribution is -2.44. The van der Waals surface area contributed by atoms with Crippen LogP contribution in [0.3, 0.4) is 0 Å². The number of nitrogens with one attached hydrogen (secondary N) is 2. The third-order valence-corrected chi connectivity index (χ3v) is 4.36. The second kappa shape index (κ2) is 5.55. The van der Waals surface area contributed by atoms with Crippen molar-refractivity contribution in [2.45, 2.75) is 6.04 Å². The Hall–Kier alpha value is -2.17. The number of aromatic amines is 1. The summed E-state index contributed by atoms with van der Waals surface area (Å²) in [6, 6.07) is 15.2. The topological polar surface area (TPSA) is 44.0 Å². The van der Waals surface area contributed by atoms with E-state index in [1.165, 1.54) is 16.3 Å². The van der Waals surface area contributed by atoms with Crippen LogP contribution in [0.2, 0.25) is 0 Å². The van der Waals surface area contributed by atoms with Crippen LogP contribution in [0, 0.1) is 0 Å². The van der Waals surface area contributed by atoms with Crippen LogP contribution in [0.5, 0.6) is 0 Å². The molecule has 2 aromatic carbocycles. The number of rotatable bonds is 2. The summed E-state index contributed by atoms with van der Waals surface area (Å²) in [6.45, 7) is 3.09. The summed E-state index contributed by atoms with van der Waals surface area (Å²) in [6.07, 6.45) is 1.94. The second-order valence-corrected chi connectivity index (χ2v) is 6.01. The molecule has 22 heavy (non-hydrogen) atoms. The number of imidazole rings is 1. The summed E-state index contributed by atoms with van der Waals surface area (Å²) in [5.74, 6) is 1.02. The molecule has 0 radical (unpaired) electrons. The summed E-state index contributed by atoms with van der Waals surface area (Å²) < 4.78 is 0. The molecule has 1 aliphatic rings. The van der Waals surface area contributed by atoms with Gasteiger partial charge in [-0.15, -0.1) is 0 Å². The number of likely N-dealkylation sites (N-methyl/N-ethyl adjacent to an activating group) is 1. The average molecular weight is 292 g/mol. The van der Waals surface area contributed by atoms with Gasteiger partial charge in [0.05, 0.1) is 17.9 Å².